The Labute approximate surface area is 146 Å². The first-order chi connectivity index (χ1) is 11.7. The predicted molar refractivity (Wildman–Crippen MR) is 99.1 cm³/mol. The van der Waals surface area contributed by atoms with Gasteiger partial charge in [-0.2, -0.15) is 0 Å². The van der Waals surface area contributed by atoms with Crippen LogP contribution in [0, 0.1) is 0 Å². The van der Waals surface area contributed by atoms with Gasteiger partial charge in [0.25, 0.3) is 5.91 Å². The standard InChI is InChI=1S/C19H12BrN3O/c20-12-5-3-6-13(11-12)21-19(24)14-7-4-10-17-18(14)23-16-9-2-1-8-15(16)22-17/h1-11H,(H,21,24). The summed E-state index contributed by atoms with van der Waals surface area (Å²) < 4.78 is 0.906. The molecule has 0 aliphatic carbocycles. The van der Waals surface area contributed by atoms with Crippen LogP contribution in [0.15, 0.2) is 71.2 Å². The molecule has 24 heavy (non-hydrogen) atoms. The number of anilines is 1. The van der Waals surface area contributed by atoms with E-state index in [1.807, 2.05) is 60.7 Å². The molecule has 4 rings (SSSR count). The smallest absolute Gasteiger partial charge is 0.257 e. The lowest BCUT2D eigenvalue weighted by Gasteiger charge is -2.08. The normalized spacial score (nSPS) is 10.9. The van der Waals surface area contributed by atoms with Crippen molar-refractivity contribution in [2.75, 3.05) is 5.32 Å². The molecule has 0 aliphatic heterocycles. The van der Waals surface area contributed by atoms with E-state index in [0.717, 1.165) is 21.2 Å². The first kappa shape index (κ1) is 14.8. The molecule has 5 heteroatoms. The van der Waals surface area contributed by atoms with Crippen molar-refractivity contribution in [3.63, 3.8) is 0 Å². The van der Waals surface area contributed by atoms with Crippen molar-refractivity contribution >= 4 is 49.6 Å². The van der Waals surface area contributed by atoms with Gasteiger partial charge < -0.3 is 5.32 Å². The van der Waals surface area contributed by atoms with Crippen molar-refractivity contribution in [2.24, 2.45) is 0 Å². The van der Waals surface area contributed by atoms with Gasteiger partial charge in [0, 0.05) is 10.2 Å². The Morgan fingerprint density at radius 3 is 2.33 bits per heavy atom. The summed E-state index contributed by atoms with van der Waals surface area (Å²) in [5, 5.41) is 2.90. The summed E-state index contributed by atoms with van der Waals surface area (Å²) in [6.07, 6.45) is 0. The highest BCUT2D eigenvalue weighted by Crippen LogP contribution is 2.21. The fourth-order valence-electron chi connectivity index (χ4n) is 2.59. The molecular formula is C19H12BrN3O. The molecule has 0 bridgehead atoms. The number of halogens is 1. The molecule has 0 spiro atoms. The van der Waals surface area contributed by atoms with E-state index in [4.69, 9.17) is 0 Å². The second kappa shape index (κ2) is 6.02. The van der Waals surface area contributed by atoms with Crippen LogP contribution in [0.5, 0.6) is 0 Å². The lowest BCUT2D eigenvalue weighted by atomic mass is 10.1. The third-order valence-electron chi connectivity index (χ3n) is 3.70. The van der Waals surface area contributed by atoms with E-state index < -0.39 is 0 Å². The minimum atomic E-state index is -0.205. The minimum Gasteiger partial charge on any atom is -0.322 e. The quantitative estimate of drug-likeness (QED) is 0.510. The van der Waals surface area contributed by atoms with Gasteiger partial charge in [0.15, 0.2) is 0 Å². The molecule has 1 N–H and O–H groups in total. The van der Waals surface area contributed by atoms with Crippen LogP contribution in [0.1, 0.15) is 10.4 Å². The summed E-state index contributed by atoms with van der Waals surface area (Å²) in [7, 11) is 0. The Balaban J connectivity index is 1.80. The number of carbonyl (C=O) groups excluding carboxylic acids is 1. The first-order valence-electron chi connectivity index (χ1n) is 7.43. The van der Waals surface area contributed by atoms with E-state index in [9.17, 15) is 4.79 Å². The molecule has 0 radical (unpaired) electrons. The van der Waals surface area contributed by atoms with Gasteiger partial charge in [0.1, 0.15) is 5.52 Å². The van der Waals surface area contributed by atoms with E-state index in [0.29, 0.717) is 16.6 Å². The molecule has 1 aromatic heterocycles. The number of rotatable bonds is 2. The zero-order valence-electron chi connectivity index (χ0n) is 12.5. The van der Waals surface area contributed by atoms with Gasteiger partial charge >= 0.3 is 0 Å². The largest absolute Gasteiger partial charge is 0.322 e. The fourth-order valence-corrected chi connectivity index (χ4v) is 2.99. The number of hydrogen-bond donors (Lipinski definition) is 1. The maximum atomic E-state index is 12.7. The number of para-hydroxylation sites is 3. The van der Waals surface area contributed by atoms with Crippen LogP contribution in [0.2, 0.25) is 0 Å². The molecule has 3 aromatic carbocycles. The molecule has 1 amide bonds. The van der Waals surface area contributed by atoms with Gasteiger partial charge in [0.05, 0.1) is 22.1 Å². The number of carbonyl (C=O) groups is 1. The Bertz CT molecular complexity index is 1080. The number of nitrogens with one attached hydrogen (secondary N) is 1. The molecule has 0 fully saturated rings. The molecule has 1 heterocycles. The van der Waals surface area contributed by atoms with Crippen molar-refractivity contribution in [3.05, 3.63) is 76.8 Å². The molecular weight excluding hydrogens is 366 g/mol. The fraction of sp³-hybridized carbons (Fsp3) is 0. The average molecular weight is 378 g/mol. The molecule has 0 saturated carbocycles. The van der Waals surface area contributed by atoms with Crippen molar-refractivity contribution < 1.29 is 4.79 Å². The number of nitrogens with zero attached hydrogens (tertiary/aromatic N) is 2. The Morgan fingerprint density at radius 2 is 1.54 bits per heavy atom. The van der Waals surface area contributed by atoms with Crippen LogP contribution >= 0.6 is 15.9 Å². The molecule has 0 aliphatic rings. The highest BCUT2D eigenvalue weighted by Gasteiger charge is 2.13. The number of hydrogen-bond acceptors (Lipinski definition) is 3. The lowest BCUT2D eigenvalue weighted by molar-refractivity contribution is 0.102. The first-order valence-corrected chi connectivity index (χ1v) is 8.22. The Morgan fingerprint density at radius 1 is 0.833 bits per heavy atom. The summed E-state index contributed by atoms with van der Waals surface area (Å²) in [6, 6.07) is 20.6. The molecule has 4 aromatic rings. The summed E-state index contributed by atoms with van der Waals surface area (Å²) in [4.78, 5) is 21.9. The zero-order valence-corrected chi connectivity index (χ0v) is 14.1. The van der Waals surface area contributed by atoms with Crippen LogP contribution in [0.3, 0.4) is 0 Å². The maximum absolute atomic E-state index is 12.7. The highest BCUT2D eigenvalue weighted by atomic mass is 79.9. The minimum absolute atomic E-state index is 0.205. The number of amides is 1. The third-order valence-corrected chi connectivity index (χ3v) is 4.19. The van der Waals surface area contributed by atoms with E-state index in [1.165, 1.54) is 0 Å². The van der Waals surface area contributed by atoms with Crippen LogP contribution < -0.4 is 5.32 Å². The number of fused-ring (bicyclic) bond motifs is 2. The number of aromatic nitrogens is 2. The highest BCUT2D eigenvalue weighted by molar-refractivity contribution is 9.10. The second-order valence-electron chi connectivity index (χ2n) is 5.35. The van der Waals surface area contributed by atoms with Crippen LogP contribution in [0.25, 0.3) is 22.1 Å². The summed E-state index contributed by atoms with van der Waals surface area (Å²) in [5.41, 5.74) is 4.12. The maximum Gasteiger partial charge on any atom is 0.257 e. The Kier molecular flexibility index (Phi) is 3.70. The second-order valence-corrected chi connectivity index (χ2v) is 6.27. The van der Waals surface area contributed by atoms with E-state index in [2.05, 4.69) is 31.2 Å². The SMILES string of the molecule is O=C(Nc1cccc(Br)c1)c1cccc2nc3ccccc3nc12. The Hall–Kier alpha value is -2.79. The van der Waals surface area contributed by atoms with E-state index in [-0.39, 0.29) is 5.91 Å². The summed E-state index contributed by atoms with van der Waals surface area (Å²) >= 11 is 3.40. The van der Waals surface area contributed by atoms with Crippen LogP contribution in [-0.2, 0) is 0 Å². The third kappa shape index (κ3) is 2.74. The molecule has 0 atom stereocenters. The predicted octanol–water partition coefficient (Wildman–Crippen LogP) is 4.80. The molecule has 0 unspecified atom stereocenters. The van der Waals surface area contributed by atoms with E-state index in [1.54, 1.807) is 6.07 Å². The van der Waals surface area contributed by atoms with Gasteiger partial charge in [-0.05, 0) is 42.5 Å². The molecule has 0 saturated heterocycles. The molecule has 116 valence electrons. The van der Waals surface area contributed by atoms with Crippen molar-refractivity contribution in [1.82, 2.24) is 9.97 Å². The van der Waals surface area contributed by atoms with Gasteiger partial charge in [-0.3, -0.25) is 4.79 Å². The van der Waals surface area contributed by atoms with Crippen LogP contribution in [0.4, 0.5) is 5.69 Å². The van der Waals surface area contributed by atoms with Gasteiger partial charge in [-0.1, -0.05) is 40.2 Å². The lowest BCUT2D eigenvalue weighted by Crippen LogP contribution is -2.13. The van der Waals surface area contributed by atoms with Crippen LogP contribution in [-0.4, -0.2) is 15.9 Å². The molecule has 4 nitrogen and oxygen atoms in total. The topological polar surface area (TPSA) is 54.9 Å². The number of benzene rings is 3. The van der Waals surface area contributed by atoms with E-state index >= 15 is 0 Å². The zero-order chi connectivity index (χ0) is 16.5. The van der Waals surface area contributed by atoms with Crippen molar-refractivity contribution in [3.8, 4) is 0 Å². The summed E-state index contributed by atoms with van der Waals surface area (Å²) in [5.74, 6) is -0.205. The van der Waals surface area contributed by atoms with Gasteiger partial charge in [0.2, 0.25) is 0 Å². The van der Waals surface area contributed by atoms with Gasteiger partial charge in [-0.25, -0.2) is 9.97 Å². The van der Waals surface area contributed by atoms with Crippen molar-refractivity contribution in [1.29, 1.82) is 0 Å². The van der Waals surface area contributed by atoms with Gasteiger partial charge in [-0.15, -0.1) is 0 Å². The van der Waals surface area contributed by atoms with Crippen molar-refractivity contribution in [2.45, 2.75) is 0 Å². The monoisotopic (exact) mass is 377 g/mol. The average Bonchev–Trinajstić information content (AvgIpc) is 2.59. The summed E-state index contributed by atoms with van der Waals surface area (Å²) in [6.45, 7) is 0.